The van der Waals surface area contributed by atoms with Crippen LogP contribution in [-0.2, 0) is 4.74 Å². The summed E-state index contributed by atoms with van der Waals surface area (Å²) in [4.78, 5) is 31.3. The van der Waals surface area contributed by atoms with Crippen molar-refractivity contribution < 1.29 is 14.3 Å². The normalized spacial score (nSPS) is 11.8. The number of methoxy groups -OCH3 is 1. The van der Waals surface area contributed by atoms with E-state index in [9.17, 15) is 9.59 Å². The summed E-state index contributed by atoms with van der Waals surface area (Å²) in [6.45, 7) is 5.31. The van der Waals surface area contributed by atoms with Crippen molar-refractivity contribution in [3.63, 3.8) is 0 Å². The van der Waals surface area contributed by atoms with Gasteiger partial charge in [-0.25, -0.2) is 4.79 Å². The highest BCUT2D eigenvalue weighted by molar-refractivity contribution is 6.00. The third kappa shape index (κ3) is 3.00. The number of esters is 1. The molecule has 0 spiro atoms. The number of rotatable bonds is 4. The molecule has 0 bridgehead atoms. The highest BCUT2D eigenvalue weighted by Gasteiger charge is 2.23. The fourth-order valence-corrected chi connectivity index (χ4v) is 2.36. The minimum Gasteiger partial charge on any atom is -0.465 e. The second-order valence-corrected chi connectivity index (χ2v) is 5.07. The van der Waals surface area contributed by atoms with Crippen molar-refractivity contribution in [3.8, 4) is 0 Å². The molecule has 2 aromatic heterocycles. The molecule has 2 aromatic rings. The highest BCUT2D eigenvalue weighted by Crippen LogP contribution is 2.19. The van der Waals surface area contributed by atoms with E-state index in [4.69, 9.17) is 4.74 Å². The molecule has 116 valence electrons. The van der Waals surface area contributed by atoms with Crippen LogP contribution in [0.1, 0.15) is 50.8 Å². The van der Waals surface area contributed by atoms with Crippen molar-refractivity contribution in [3.05, 3.63) is 52.6 Å². The Kier molecular flexibility index (Phi) is 4.60. The van der Waals surface area contributed by atoms with E-state index in [-0.39, 0.29) is 11.9 Å². The van der Waals surface area contributed by atoms with Crippen molar-refractivity contribution in [2.24, 2.45) is 0 Å². The van der Waals surface area contributed by atoms with E-state index < -0.39 is 5.97 Å². The van der Waals surface area contributed by atoms with Crippen LogP contribution < -0.4 is 5.32 Å². The number of carbonyl (C=O) groups is 2. The van der Waals surface area contributed by atoms with Crippen LogP contribution in [0.3, 0.4) is 0 Å². The Labute approximate surface area is 128 Å². The van der Waals surface area contributed by atoms with Crippen molar-refractivity contribution in [2.75, 3.05) is 7.11 Å². The molecule has 1 unspecified atom stereocenters. The Bertz CT molecular complexity index is 692. The molecule has 0 aliphatic heterocycles. The minimum absolute atomic E-state index is 0.238. The van der Waals surface area contributed by atoms with E-state index in [1.807, 2.05) is 25.1 Å². The predicted octanol–water partition coefficient (Wildman–Crippen LogP) is 2.30. The average molecular weight is 301 g/mol. The number of nitrogens with zero attached hydrogens (tertiary/aromatic N) is 1. The van der Waals surface area contributed by atoms with E-state index in [0.29, 0.717) is 22.5 Å². The van der Waals surface area contributed by atoms with Crippen LogP contribution in [0, 0.1) is 13.8 Å². The lowest BCUT2D eigenvalue weighted by molar-refractivity contribution is 0.0599. The van der Waals surface area contributed by atoms with Crippen LogP contribution in [0.25, 0.3) is 0 Å². The summed E-state index contributed by atoms with van der Waals surface area (Å²) >= 11 is 0. The number of aromatic nitrogens is 2. The summed E-state index contributed by atoms with van der Waals surface area (Å²) in [5.41, 5.74) is 2.72. The van der Waals surface area contributed by atoms with Crippen LogP contribution in [0.4, 0.5) is 0 Å². The van der Waals surface area contributed by atoms with Crippen molar-refractivity contribution in [2.45, 2.75) is 26.8 Å². The molecule has 0 aliphatic rings. The first kappa shape index (κ1) is 15.8. The quantitative estimate of drug-likeness (QED) is 0.849. The number of pyridine rings is 1. The molecule has 0 saturated carbocycles. The van der Waals surface area contributed by atoms with Crippen LogP contribution in [0.2, 0.25) is 0 Å². The van der Waals surface area contributed by atoms with E-state index in [1.54, 1.807) is 20.0 Å². The lowest BCUT2D eigenvalue weighted by Gasteiger charge is -2.13. The van der Waals surface area contributed by atoms with Gasteiger partial charge in [0, 0.05) is 11.9 Å². The van der Waals surface area contributed by atoms with Crippen LogP contribution in [0.5, 0.6) is 0 Å². The number of H-pyrrole nitrogens is 1. The third-order valence-corrected chi connectivity index (χ3v) is 3.53. The zero-order chi connectivity index (χ0) is 16.3. The zero-order valence-electron chi connectivity index (χ0n) is 13.1. The molecular weight excluding hydrogens is 282 g/mol. The number of ether oxygens (including phenoxy) is 1. The molecular formula is C16H19N3O3. The molecule has 22 heavy (non-hydrogen) atoms. The summed E-state index contributed by atoms with van der Waals surface area (Å²) in [6, 6.07) is 5.29. The summed E-state index contributed by atoms with van der Waals surface area (Å²) < 4.78 is 4.74. The average Bonchev–Trinajstić information content (AvgIpc) is 2.82. The van der Waals surface area contributed by atoms with Gasteiger partial charge in [-0.2, -0.15) is 0 Å². The van der Waals surface area contributed by atoms with Crippen molar-refractivity contribution >= 4 is 11.9 Å². The molecule has 2 rings (SSSR count). The fourth-order valence-electron chi connectivity index (χ4n) is 2.36. The zero-order valence-corrected chi connectivity index (χ0v) is 13.1. The molecule has 6 nitrogen and oxygen atoms in total. The van der Waals surface area contributed by atoms with Crippen molar-refractivity contribution in [1.82, 2.24) is 15.3 Å². The molecule has 0 radical (unpaired) electrons. The van der Waals surface area contributed by atoms with Gasteiger partial charge in [0.05, 0.1) is 24.4 Å². The molecule has 1 atom stereocenters. The first-order valence-corrected chi connectivity index (χ1v) is 6.95. The molecule has 2 N–H and O–H groups in total. The van der Waals surface area contributed by atoms with Gasteiger partial charge in [0.25, 0.3) is 5.91 Å². The van der Waals surface area contributed by atoms with E-state index in [0.717, 1.165) is 5.69 Å². The van der Waals surface area contributed by atoms with Gasteiger partial charge in [-0.1, -0.05) is 6.07 Å². The molecule has 0 fully saturated rings. The van der Waals surface area contributed by atoms with Gasteiger partial charge in [-0.3, -0.25) is 9.78 Å². The smallest absolute Gasteiger partial charge is 0.339 e. The maximum absolute atomic E-state index is 12.4. The summed E-state index contributed by atoms with van der Waals surface area (Å²) in [7, 11) is 1.32. The van der Waals surface area contributed by atoms with E-state index in [1.165, 1.54) is 7.11 Å². The summed E-state index contributed by atoms with van der Waals surface area (Å²) in [6.07, 6.45) is 1.68. The standard InChI is InChI=1S/C16H19N3O3/c1-9-13(16(21)22-4)11(3)18-14(9)15(20)19-10(2)12-7-5-6-8-17-12/h5-8,10,18H,1-4H3,(H,19,20). The Morgan fingerprint density at radius 1 is 1.32 bits per heavy atom. The lowest BCUT2D eigenvalue weighted by atomic mass is 10.1. The number of carbonyl (C=O) groups excluding carboxylic acids is 2. The van der Waals surface area contributed by atoms with Gasteiger partial charge in [0.2, 0.25) is 0 Å². The SMILES string of the molecule is COC(=O)c1c(C)[nH]c(C(=O)NC(C)c2ccccn2)c1C. The number of amides is 1. The van der Waals surface area contributed by atoms with E-state index in [2.05, 4.69) is 15.3 Å². The fraction of sp³-hybridized carbons (Fsp3) is 0.312. The maximum Gasteiger partial charge on any atom is 0.339 e. The Morgan fingerprint density at radius 2 is 2.05 bits per heavy atom. The first-order chi connectivity index (χ1) is 10.5. The second kappa shape index (κ2) is 6.43. The third-order valence-electron chi connectivity index (χ3n) is 3.53. The van der Waals surface area contributed by atoms with E-state index >= 15 is 0 Å². The van der Waals surface area contributed by atoms with Crippen molar-refractivity contribution in [1.29, 1.82) is 0 Å². The summed E-state index contributed by atoms with van der Waals surface area (Å²) in [5, 5.41) is 2.87. The number of aromatic amines is 1. The topological polar surface area (TPSA) is 84.1 Å². The molecule has 6 heteroatoms. The Hall–Kier alpha value is -2.63. The largest absolute Gasteiger partial charge is 0.465 e. The first-order valence-electron chi connectivity index (χ1n) is 6.95. The van der Waals surface area contributed by atoms with Gasteiger partial charge in [-0.15, -0.1) is 0 Å². The van der Waals surface area contributed by atoms with Crippen LogP contribution in [0.15, 0.2) is 24.4 Å². The Morgan fingerprint density at radius 3 is 2.64 bits per heavy atom. The van der Waals surface area contributed by atoms with Gasteiger partial charge in [-0.05, 0) is 38.5 Å². The van der Waals surface area contributed by atoms with Gasteiger partial charge in [0.15, 0.2) is 0 Å². The molecule has 0 aromatic carbocycles. The second-order valence-electron chi connectivity index (χ2n) is 5.07. The maximum atomic E-state index is 12.4. The predicted molar refractivity (Wildman–Crippen MR) is 81.7 cm³/mol. The van der Waals surface area contributed by atoms with Crippen LogP contribution in [-0.4, -0.2) is 29.0 Å². The number of nitrogens with one attached hydrogen (secondary N) is 2. The molecule has 1 amide bonds. The highest BCUT2D eigenvalue weighted by atomic mass is 16.5. The monoisotopic (exact) mass is 301 g/mol. The van der Waals surface area contributed by atoms with Gasteiger partial charge >= 0.3 is 5.97 Å². The minimum atomic E-state index is -0.455. The lowest BCUT2D eigenvalue weighted by Crippen LogP contribution is -2.28. The number of hydrogen-bond donors (Lipinski definition) is 2. The van der Waals surface area contributed by atoms with Crippen LogP contribution >= 0.6 is 0 Å². The summed E-state index contributed by atoms with van der Waals surface area (Å²) in [5.74, 6) is -0.739. The van der Waals surface area contributed by atoms with Gasteiger partial charge in [0.1, 0.15) is 5.69 Å². The Balaban J connectivity index is 2.22. The molecule has 0 aliphatic carbocycles. The molecule has 2 heterocycles. The molecule has 0 saturated heterocycles. The van der Waals surface area contributed by atoms with Gasteiger partial charge < -0.3 is 15.0 Å². The number of aryl methyl sites for hydroxylation is 1. The number of hydrogen-bond acceptors (Lipinski definition) is 4.